The highest BCUT2D eigenvalue weighted by molar-refractivity contribution is 6.01. The van der Waals surface area contributed by atoms with Gasteiger partial charge in [0.25, 0.3) is 0 Å². The van der Waals surface area contributed by atoms with Crippen molar-refractivity contribution in [1.82, 2.24) is 10.6 Å². The van der Waals surface area contributed by atoms with Gasteiger partial charge in [0.15, 0.2) is 5.60 Å². The molecule has 0 bridgehead atoms. The van der Waals surface area contributed by atoms with E-state index in [0.29, 0.717) is 38.7 Å². The average Bonchev–Trinajstić information content (AvgIpc) is 3.02. The fourth-order valence-electron chi connectivity index (χ4n) is 4.88. The lowest BCUT2D eigenvalue weighted by atomic mass is 9.91. The van der Waals surface area contributed by atoms with Crippen molar-refractivity contribution in [3.05, 3.63) is 35.4 Å². The molecule has 0 spiro atoms. The van der Waals surface area contributed by atoms with Gasteiger partial charge in [0.2, 0.25) is 5.96 Å². The summed E-state index contributed by atoms with van der Waals surface area (Å²) in [6.45, 7) is 20.0. The molecule has 1 aliphatic rings. The Morgan fingerprint density at radius 3 is 1.82 bits per heavy atom. The van der Waals surface area contributed by atoms with E-state index in [9.17, 15) is 19.2 Å². The van der Waals surface area contributed by atoms with Crippen molar-refractivity contribution < 1.29 is 47.6 Å². The van der Waals surface area contributed by atoms with E-state index < -0.39 is 52.4 Å². The summed E-state index contributed by atoms with van der Waals surface area (Å²) in [5.41, 5.74) is -1.93. The number of esters is 2. The minimum absolute atomic E-state index is 0.00961. The maximum Gasteiger partial charge on any atom is 0.414 e. The largest absolute Gasteiger partial charge is 0.462 e. The Hall–Kier alpha value is -3.71. The van der Waals surface area contributed by atoms with Gasteiger partial charge in [0.05, 0.1) is 19.3 Å². The molecule has 1 aromatic rings. The van der Waals surface area contributed by atoms with Crippen LogP contribution < -0.4 is 10.6 Å². The van der Waals surface area contributed by atoms with Crippen LogP contribution in [0.25, 0.3) is 0 Å². The van der Waals surface area contributed by atoms with Crippen molar-refractivity contribution in [3.8, 4) is 0 Å². The highest BCUT2D eigenvalue weighted by atomic mass is 16.6. The first-order chi connectivity index (χ1) is 23.7. The third kappa shape index (κ3) is 16.0. The van der Waals surface area contributed by atoms with E-state index in [1.807, 2.05) is 45.0 Å². The monoisotopic (exact) mass is 719 g/mol. The van der Waals surface area contributed by atoms with Gasteiger partial charge >= 0.3 is 24.1 Å². The molecule has 288 valence electrons. The maximum atomic E-state index is 13.7. The molecule has 2 amide bonds. The van der Waals surface area contributed by atoms with Crippen LogP contribution in [0.3, 0.4) is 0 Å². The molecule has 13 heteroatoms. The number of alkyl carbamates (subject to hydrolysis) is 2. The number of hydrogen-bond donors (Lipinski definition) is 2. The standard InChI is InChI=1S/C38H61N3O10/c1-12-22-46-24-37(10,25-47-31(43)38(11,13-2)48-23-27-16-14-26(3)15-17-27)30(42)49-29-20-18-28(19-21-29)39-32(40-33(44)50-35(4,5)6)41-34(45)51-36(7,8)9/h14-17,28-29H,12-13,18-25H2,1-11H3,(H2,39,40,41,44,45). The number of aryl methyl sites for hydroxylation is 1. The second-order valence-electron chi connectivity index (χ2n) is 15.6. The molecular formula is C38H61N3O10. The van der Waals surface area contributed by atoms with E-state index in [4.69, 9.17) is 28.4 Å². The zero-order valence-corrected chi connectivity index (χ0v) is 32.6. The van der Waals surface area contributed by atoms with Crippen molar-refractivity contribution in [2.75, 3.05) is 19.8 Å². The number of benzene rings is 1. The third-order valence-electron chi connectivity index (χ3n) is 8.04. The number of hydrogen-bond acceptors (Lipinski definition) is 11. The molecule has 2 unspecified atom stereocenters. The van der Waals surface area contributed by atoms with Crippen LogP contribution in [-0.2, 0) is 44.6 Å². The first-order valence-electron chi connectivity index (χ1n) is 17.9. The Labute approximate surface area is 303 Å². The van der Waals surface area contributed by atoms with Gasteiger partial charge in [0, 0.05) is 6.61 Å². The Balaban J connectivity index is 2.07. The van der Waals surface area contributed by atoms with E-state index in [0.717, 1.165) is 17.5 Å². The summed E-state index contributed by atoms with van der Waals surface area (Å²) in [6.07, 6.45) is 1.16. The summed E-state index contributed by atoms with van der Waals surface area (Å²) in [5, 5.41) is 5.02. The van der Waals surface area contributed by atoms with E-state index in [1.165, 1.54) is 0 Å². The van der Waals surface area contributed by atoms with Crippen LogP contribution in [0.2, 0.25) is 0 Å². The predicted octanol–water partition coefficient (Wildman–Crippen LogP) is 6.92. The quantitative estimate of drug-likeness (QED) is 0.0680. The zero-order chi connectivity index (χ0) is 38.5. The highest BCUT2D eigenvalue weighted by Gasteiger charge is 2.42. The van der Waals surface area contributed by atoms with Crippen molar-refractivity contribution in [2.24, 2.45) is 10.4 Å². The van der Waals surface area contributed by atoms with Gasteiger partial charge in [-0.05, 0) is 106 Å². The van der Waals surface area contributed by atoms with Gasteiger partial charge in [-0.1, -0.05) is 43.7 Å². The van der Waals surface area contributed by atoms with Gasteiger partial charge in [-0.2, -0.15) is 0 Å². The molecule has 13 nitrogen and oxygen atoms in total. The normalized spacial score (nSPS) is 18.6. The first kappa shape index (κ1) is 43.5. The van der Waals surface area contributed by atoms with Crippen LogP contribution >= 0.6 is 0 Å². The van der Waals surface area contributed by atoms with E-state index in [-0.39, 0.29) is 31.8 Å². The summed E-state index contributed by atoms with van der Waals surface area (Å²) < 4.78 is 34.2. The lowest BCUT2D eigenvalue weighted by Crippen LogP contribution is -2.48. The molecule has 0 aliphatic heterocycles. The van der Waals surface area contributed by atoms with Crippen molar-refractivity contribution >= 4 is 30.1 Å². The summed E-state index contributed by atoms with van der Waals surface area (Å²) >= 11 is 0. The number of nitrogens with zero attached hydrogens (tertiary/aromatic N) is 1. The van der Waals surface area contributed by atoms with E-state index in [1.54, 1.807) is 55.4 Å². The smallest absolute Gasteiger partial charge is 0.414 e. The molecule has 0 heterocycles. The molecule has 1 aromatic carbocycles. The fourth-order valence-corrected chi connectivity index (χ4v) is 4.88. The lowest BCUT2D eigenvalue weighted by molar-refractivity contribution is -0.184. The van der Waals surface area contributed by atoms with E-state index >= 15 is 0 Å². The zero-order valence-electron chi connectivity index (χ0n) is 32.6. The Morgan fingerprint density at radius 1 is 0.784 bits per heavy atom. The van der Waals surface area contributed by atoms with Gasteiger partial charge in [0.1, 0.15) is 29.3 Å². The Morgan fingerprint density at radius 2 is 1.33 bits per heavy atom. The molecule has 0 aromatic heterocycles. The molecule has 0 saturated heterocycles. The summed E-state index contributed by atoms with van der Waals surface area (Å²) in [6, 6.07) is 7.59. The molecule has 2 atom stereocenters. The minimum Gasteiger partial charge on any atom is -0.462 e. The molecule has 1 aliphatic carbocycles. The van der Waals surface area contributed by atoms with Crippen LogP contribution in [0.1, 0.15) is 119 Å². The number of carbonyl (C=O) groups excluding carboxylic acids is 4. The Kier molecular flexibility index (Phi) is 16.4. The van der Waals surface area contributed by atoms with Crippen LogP contribution in [0, 0.1) is 12.3 Å². The summed E-state index contributed by atoms with van der Waals surface area (Å²) in [4.78, 5) is 56.5. The number of nitrogens with one attached hydrogen (secondary N) is 2. The van der Waals surface area contributed by atoms with Crippen LogP contribution in [-0.4, -0.2) is 78.9 Å². The highest BCUT2D eigenvalue weighted by Crippen LogP contribution is 2.29. The van der Waals surface area contributed by atoms with Crippen LogP contribution in [0.5, 0.6) is 0 Å². The fraction of sp³-hybridized carbons (Fsp3) is 0.711. The topological polar surface area (TPSA) is 160 Å². The van der Waals surface area contributed by atoms with Crippen molar-refractivity contribution in [2.45, 2.75) is 150 Å². The number of ether oxygens (including phenoxy) is 6. The van der Waals surface area contributed by atoms with Crippen LogP contribution in [0.4, 0.5) is 9.59 Å². The van der Waals surface area contributed by atoms with Gasteiger partial charge in [-0.3, -0.25) is 15.4 Å². The third-order valence-corrected chi connectivity index (χ3v) is 8.04. The summed E-state index contributed by atoms with van der Waals surface area (Å²) in [7, 11) is 0. The second kappa shape index (κ2) is 19.2. The minimum atomic E-state index is -1.26. The van der Waals surface area contributed by atoms with Gasteiger partial charge in [-0.15, -0.1) is 0 Å². The molecule has 2 rings (SSSR count). The van der Waals surface area contributed by atoms with Gasteiger partial charge < -0.3 is 28.4 Å². The number of aliphatic imine (C=N–C) groups is 1. The predicted molar refractivity (Wildman–Crippen MR) is 193 cm³/mol. The SMILES string of the molecule is CCCOCC(C)(COC(=O)C(C)(CC)OCc1ccc(C)cc1)C(=O)OC1CCC(N=C(NC(=O)OC(C)(C)C)NC(=O)OC(C)(C)C)CC1. The summed E-state index contributed by atoms with van der Waals surface area (Å²) in [5.74, 6) is -1.19. The molecule has 0 radical (unpaired) electrons. The Bertz CT molecular complexity index is 1290. The lowest BCUT2D eigenvalue weighted by Gasteiger charge is -2.33. The average molecular weight is 720 g/mol. The van der Waals surface area contributed by atoms with Crippen molar-refractivity contribution in [3.63, 3.8) is 0 Å². The van der Waals surface area contributed by atoms with Crippen molar-refractivity contribution in [1.29, 1.82) is 0 Å². The molecule has 2 N–H and O–H groups in total. The first-order valence-corrected chi connectivity index (χ1v) is 17.9. The number of carbonyl (C=O) groups is 4. The molecule has 1 saturated carbocycles. The molecular weight excluding hydrogens is 658 g/mol. The van der Waals surface area contributed by atoms with Crippen LogP contribution in [0.15, 0.2) is 29.3 Å². The number of amides is 2. The molecule has 51 heavy (non-hydrogen) atoms. The number of guanidine groups is 1. The number of rotatable bonds is 14. The molecule has 1 fully saturated rings. The van der Waals surface area contributed by atoms with Gasteiger partial charge in [-0.25, -0.2) is 19.4 Å². The maximum absolute atomic E-state index is 13.7. The van der Waals surface area contributed by atoms with E-state index in [2.05, 4.69) is 15.6 Å². The second-order valence-corrected chi connectivity index (χ2v) is 15.6.